The van der Waals surface area contributed by atoms with Gasteiger partial charge >= 0.3 is 17.9 Å². The summed E-state index contributed by atoms with van der Waals surface area (Å²) >= 11 is 0. The van der Waals surface area contributed by atoms with Gasteiger partial charge in [-0.1, -0.05) is 238 Å². The van der Waals surface area contributed by atoms with Gasteiger partial charge in [-0.25, -0.2) is 0 Å². The van der Waals surface area contributed by atoms with E-state index in [0.29, 0.717) is 19.3 Å². The van der Waals surface area contributed by atoms with Crippen LogP contribution in [0.25, 0.3) is 0 Å². The smallest absolute Gasteiger partial charge is 0.306 e. The lowest BCUT2D eigenvalue weighted by atomic mass is 10.1. The topological polar surface area (TPSA) is 78.9 Å². The first-order chi connectivity index (χ1) is 35.0. The summed E-state index contributed by atoms with van der Waals surface area (Å²) in [4.78, 5) is 38.1. The number of rotatable bonds is 50. The molecule has 6 heteroatoms. The van der Waals surface area contributed by atoms with Gasteiger partial charge in [-0.3, -0.25) is 14.4 Å². The predicted octanol–water partition coefficient (Wildman–Crippen LogP) is 19.4. The number of ether oxygens (including phenoxy) is 3. The van der Waals surface area contributed by atoms with Crippen LogP contribution in [0.4, 0.5) is 0 Å². The van der Waals surface area contributed by atoms with E-state index < -0.39 is 12.1 Å². The van der Waals surface area contributed by atoms with E-state index in [1.54, 1.807) is 0 Å². The molecule has 0 aromatic rings. The average Bonchev–Trinajstić information content (AvgIpc) is 3.37. The van der Waals surface area contributed by atoms with Crippen molar-refractivity contribution in [3.05, 3.63) is 134 Å². The summed E-state index contributed by atoms with van der Waals surface area (Å²) in [5.41, 5.74) is 0. The molecular formula is C65H104O6. The molecule has 0 aromatic heterocycles. The van der Waals surface area contributed by atoms with Gasteiger partial charge in [-0.05, 0) is 116 Å². The van der Waals surface area contributed by atoms with E-state index in [1.807, 2.05) is 12.2 Å². The van der Waals surface area contributed by atoms with Gasteiger partial charge in [0.05, 0.1) is 0 Å². The van der Waals surface area contributed by atoms with Crippen LogP contribution in [0.15, 0.2) is 134 Å². The van der Waals surface area contributed by atoms with Gasteiger partial charge in [0.1, 0.15) is 13.2 Å². The summed E-state index contributed by atoms with van der Waals surface area (Å²) in [5, 5.41) is 0. The Kier molecular flexibility index (Phi) is 54.5. The van der Waals surface area contributed by atoms with Gasteiger partial charge in [0.2, 0.25) is 0 Å². The van der Waals surface area contributed by atoms with Crippen LogP contribution in [-0.4, -0.2) is 37.2 Å². The molecule has 1 atom stereocenters. The van der Waals surface area contributed by atoms with E-state index in [0.717, 1.165) is 116 Å². The summed E-state index contributed by atoms with van der Waals surface area (Å²) < 4.78 is 16.8. The average molecular weight is 982 g/mol. The minimum Gasteiger partial charge on any atom is -0.462 e. The molecule has 6 nitrogen and oxygen atoms in total. The number of hydrogen-bond acceptors (Lipinski definition) is 6. The van der Waals surface area contributed by atoms with Crippen molar-refractivity contribution in [2.75, 3.05) is 13.2 Å². The number of esters is 3. The van der Waals surface area contributed by atoms with Crippen molar-refractivity contribution in [3.8, 4) is 0 Å². The molecule has 0 aromatic carbocycles. The van der Waals surface area contributed by atoms with Crippen molar-refractivity contribution in [2.24, 2.45) is 0 Å². The third kappa shape index (κ3) is 56.3. The Balaban J connectivity index is 4.44. The summed E-state index contributed by atoms with van der Waals surface area (Å²) in [7, 11) is 0. The van der Waals surface area contributed by atoms with Crippen LogP contribution in [0.1, 0.15) is 239 Å². The predicted molar refractivity (Wildman–Crippen MR) is 306 cm³/mol. The van der Waals surface area contributed by atoms with Gasteiger partial charge in [-0.15, -0.1) is 0 Å². The highest BCUT2D eigenvalue weighted by atomic mass is 16.6. The Morgan fingerprint density at radius 3 is 0.930 bits per heavy atom. The van der Waals surface area contributed by atoms with Crippen molar-refractivity contribution in [2.45, 2.75) is 245 Å². The van der Waals surface area contributed by atoms with Crippen LogP contribution in [0.2, 0.25) is 0 Å². The highest BCUT2D eigenvalue weighted by Gasteiger charge is 2.19. The molecule has 0 saturated carbocycles. The van der Waals surface area contributed by atoms with Crippen LogP contribution in [0, 0.1) is 0 Å². The third-order valence-electron chi connectivity index (χ3n) is 11.6. The second kappa shape index (κ2) is 58.1. The number of carbonyl (C=O) groups excluding carboxylic acids is 3. The lowest BCUT2D eigenvalue weighted by Gasteiger charge is -2.18. The first kappa shape index (κ1) is 66.6. The van der Waals surface area contributed by atoms with Crippen molar-refractivity contribution >= 4 is 17.9 Å². The van der Waals surface area contributed by atoms with E-state index in [2.05, 4.69) is 142 Å². The van der Waals surface area contributed by atoms with Crippen molar-refractivity contribution < 1.29 is 28.6 Å². The van der Waals surface area contributed by atoms with Crippen molar-refractivity contribution in [3.63, 3.8) is 0 Å². The Hall–Kier alpha value is -4.45. The quantitative estimate of drug-likeness (QED) is 0.0262. The number of carbonyl (C=O) groups is 3. The fraction of sp³-hybridized carbons (Fsp3) is 0.615. The molecule has 0 fully saturated rings. The molecule has 0 aliphatic carbocycles. The molecule has 0 aliphatic heterocycles. The van der Waals surface area contributed by atoms with Gasteiger partial charge in [0.25, 0.3) is 0 Å². The third-order valence-corrected chi connectivity index (χ3v) is 11.6. The molecule has 0 heterocycles. The first-order valence-corrected chi connectivity index (χ1v) is 28.7. The monoisotopic (exact) mass is 981 g/mol. The molecule has 0 rings (SSSR count). The van der Waals surface area contributed by atoms with Gasteiger partial charge in [0.15, 0.2) is 6.10 Å². The Labute approximate surface area is 436 Å². The zero-order valence-electron chi connectivity index (χ0n) is 45.7. The molecule has 0 radical (unpaired) electrons. The van der Waals surface area contributed by atoms with Gasteiger partial charge in [-0.2, -0.15) is 0 Å². The standard InChI is InChI=1S/C65H104O6/c1-4-7-10-13-16-19-22-24-26-28-30-31-32-33-35-36-38-40-43-46-49-52-55-58-64(67)70-61-62(60-69-63(66)57-54-51-48-45-42-21-18-15-12-9-6-3)71-65(68)59-56-53-50-47-44-41-39-37-34-29-27-25-23-20-17-14-11-8-5-2/h7-8,10-11,15-20,24-27,30-31,34,37,41,44,50,53,62H,4-6,9,12-14,21-23,28-29,32-33,35-36,38-40,42-43,45-49,51-52,54-61H2,1-3H3/b10-7-,11-8-,18-15-,19-16-,20-17-,26-24-,27-25-,31-30-,37-34-,44-41-,53-50-. The summed E-state index contributed by atoms with van der Waals surface area (Å²) in [6.07, 6.45) is 81.7. The molecule has 0 bridgehead atoms. The molecule has 0 saturated heterocycles. The SMILES string of the molecule is CC/C=C\C/C=C\C/C=C\C/C=C\C/C=C\C/C=C\CCC(=O)OC(COC(=O)CCCCCCC/C=C\CCCC)COC(=O)CCCCCCCCCCCC/C=C\C/C=C\C/C=C\C/C=C\CC. The van der Waals surface area contributed by atoms with Crippen LogP contribution < -0.4 is 0 Å². The maximum Gasteiger partial charge on any atom is 0.306 e. The van der Waals surface area contributed by atoms with Gasteiger partial charge in [0, 0.05) is 19.3 Å². The second-order valence-corrected chi connectivity index (χ2v) is 18.4. The lowest BCUT2D eigenvalue weighted by molar-refractivity contribution is -0.166. The number of unbranched alkanes of at least 4 members (excludes halogenated alkanes) is 17. The summed E-state index contributed by atoms with van der Waals surface area (Å²) in [6.45, 7) is 6.29. The molecule has 0 amide bonds. The normalized spacial score (nSPS) is 13.1. The zero-order chi connectivity index (χ0) is 51.4. The van der Waals surface area contributed by atoms with E-state index in [-0.39, 0.29) is 31.6 Å². The maximum absolute atomic E-state index is 12.8. The molecule has 400 valence electrons. The zero-order valence-corrected chi connectivity index (χ0v) is 45.7. The highest BCUT2D eigenvalue weighted by Crippen LogP contribution is 2.14. The van der Waals surface area contributed by atoms with E-state index >= 15 is 0 Å². The van der Waals surface area contributed by atoms with Crippen LogP contribution in [-0.2, 0) is 28.6 Å². The number of allylic oxidation sites excluding steroid dienone is 22. The Morgan fingerprint density at radius 2 is 0.577 bits per heavy atom. The van der Waals surface area contributed by atoms with E-state index in [9.17, 15) is 14.4 Å². The first-order valence-electron chi connectivity index (χ1n) is 28.7. The van der Waals surface area contributed by atoms with Crippen LogP contribution in [0.3, 0.4) is 0 Å². The van der Waals surface area contributed by atoms with Gasteiger partial charge < -0.3 is 14.2 Å². The van der Waals surface area contributed by atoms with Crippen LogP contribution in [0.5, 0.6) is 0 Å². The molecule has 0 spiro atoms. The second-order valence-electron chi connectivity index (χ2n) is 18.4. The van der Waals surface area contributed by atoms with Crippen molar-refractivity contribution in [1.82, 2.24) is 0 Å². The minimum atomic E-state index is -0.828. The summed E-state index contributed by atoms with van der Waals surface area (Å²) in [6, 6.07) is 0. The fourth-order valence-corrected chi connectivity index (χ4v) is 7.38. The lowest BCUT2D eigenvalue weighted by Crippen LogP contribution is -2.30. The Bertz CT molecular complexity index is 1550. The number of hydrogen-bond donors (Lipinski definition) is 0. The molecule has 71 heavy (non-hydrogen) atoms. The highest BCUT2D eigenvalue weighted by molar-refractivity contribution is 5.71. The Morgan fingerprint density at radius 1 is 0.296 bits per heavy atom. The largest absolute Gasteiger partial charge is 0.462 e. The maximum atomic E-state index is 12.8. The minimum absolute atomic E-state index is 0.117. The van der Waals surface area contributed by atoms with Crippen LogP contribution >= 0.6 is 0 Å². The molecule has 0 N–H and O–H groups in total. The van der Waals surface area contributed by atoms with Crippen molar-refractivity contribution in [1.29, 1.82) is 0 Å². The van der Waals surface area contributed by atoms with E-state index in [4.69, 9.17) is 14.2 Å². The molecular weight excluding hydrogens is 877 g/mol. The fourth-order valence-electron chi connectivity index (χ4n) is 7.38. The molecule has 0 aliphatic rings. The molecule has 1 unspecified atom stereocenters. The van der Waals surface area contributed by atoms with E-state index in [1.165, 1.54) is 77.0 Å². The summed E-state index contributed by atoms with van der Waals surface area (Å²) in [5.74, 6) is -1.02.